The Morgan fingerprint density at radius 3 is 2.81 bits per heavy atom. The molecule has 0 aliphatic carbocycles. The Balaban J connectivity index is 1.97. The zero-order valence-electron chi connectivity index (χ0n) is 14.5. The number of benzene rings is 2. The molecule has 0 atom stereocenters. The van der Waals surface area contributed by atoms with Gasteiger partial charge in [-0.15, -0.1) is 0 Å². The van der Waals surface area contributed by atoms with Gasteiger partial charge in [-0.2, -0.15) is 0 Å². The zero-order valence-corrected chi connectivity index (χ0v) is 14.5. The van der Waals surface area contributed by atoms with Gasteiger partial charge in [0.1, 0.15) is 5.71 Å². The molecule has 1 aliphatic rings. The first-order chi connectivity index (χ1) is 12.5. The van der Waals surface area contributed by atoms with E-state index in [1.807, 2.05) is 24.3 Å². The molecule has 0 spiro atoms. The number of fused-ring (bicyclic) bond motifs is 5. The van der Waals surface area contributed by atoms with Gasteiger partial charge in [-0.05, 0) is 37.3 Å². The van der Waals surface area contributed by atoms with Crippen LogP contribution >= 0.6 is 0 Å². The molecule has 7 nitrogen and oxygen atoms in total. The molecule has 0 amide bonds. The highest BCUT2D eigenvalue weighted by atomic mass is 16.7. The van der Waals surface area contributed by atoms with Gasteiger partial charge in [-0.25, -0.2) is 4.79 Å². The highest BCUT2D eigenvalue weighted by molar-refractivity contribution is 6.50. The van der Waals surface area contributed by atoms with Gasteiger partial charge in [0.15, 0.2) is 0 Å². The van der Waals surface area contributed by atoms with Crippen LogP contribution in [0.2, 0.25) is 0 Å². The highest BCUT2D eigenvalue weighted by Crippen LogP contribution is 2.38. The number of rotatable bonds is 2. The minimum Gasteiger partial charge on any atom is -0.399 e. The Morgan fingerprint density at radius 2 is 2.08 bits per heavy atom. The molecule has 3 aromatic rings. The Hall–Kier alpha value is -3.35. The van der Waals surface area contributed by atoms with E-state index >= 15 is 0 Å². The molecule has 0 unspecified atom stereocenters. The van der Waals surface area contributed by atoms with Gasteiger partial charge >= 0.3 is 5.97 Å². The van der Waals surface area contributed by atoms with Crippen molar-refractivity contribution in [3.8, 4) is 0 Å². The number of carbonyl (C=O) groups is 2. The molecule has 0 bridgehead atoms. The highest BCUT2D eigenvalue weighted by Gasteiger charge is 2.27. The number of aryl methyl sites for hydroxylation is 1. The summed E-state index contributed by atoms with van der Waals surface area (Å²) in [6.45, 7) is 4.32. The number of hydrogen-bond donors (Lipinski definition) is 2. The number of oxime groups is 1. The fourth-order valence-corrected chi connectivity index (χ4v) is 3.52. The van der Waals surface area contributed by atoms with Gasteiger partial charge in [-0.3, -0.25) is 4.79 Å². The van der Waals surface area contributed by atoms with Gasteiger partial charge in [0.2, 0.25) is 5.78 Å². The molecule has 0 fully saturated rings. The van der Waals surface area contributed by atoms with Gasteiger partial charge < -0.3 is 20.5 Å². The monoisotopic (exact) mass is 350 g/mol. The van der Waals surface area contributed by atoms with E-state index in [-0.39, 0.29) is 18.0 Å². The van der Waals surface area contributed by atoms with Gasteiger partial charge in [-0.1, -0.05) is 5.16 Å². The van der Waals surface area contributed by atoms with Crippen LogP contribution in [0.5, 0.6) is 0 Å². The average molecular weight is 350 g/mol. The molecule has 1 aromatic heterocycles. The lowest BCUT2D eigenvalue weighted by atomic mass is 9.97. The van der Waals surface area contributed by atoms with E-state index in [0.717, 1.165) is 34.0 Å². The summed E-state index contributed by atoms with van der Waals surface area (Å²) in [6, 6.07) is 9.52. The number of nitrogen functional groups attached to an aromatic ring is 1. The van der Waals surface area contributed by atoms with Crippen LogP contribution in [0.1, 0.15) is 24.2 Å². The smallest absolute Gasteiger partial charge is 0.331 e. The van der Waals surface area contributed by atoms with E-state index in [9.17, 15) is 9.59 Å². The van der Waals surface area contributed by atoms with E-state index < -0.39 is 5.97 Å². The first kappa shape index (κ1) is 16.1. The summed E-state index contributed by atoms with van der Waals surface area (Å²) in [4.78, 5) is 28.3. The third-order valence-electron chi connectivity index (χ3n) is 4.59. The van der Waals surface area contributed by atoms with Crippen LogP contribution in [0.15, 0.2) is 35.5 Å². The third-order valence-corrected chi connectivity index (χ3v) is 4.59. The minimum absolute atomic E-state index is 0.172. The van der Waals surface area contributed by atoms with Gasteiger partial charge in [0, 0.05) is 41.0 Å². The lowest BCUT2D eigenvalue weighted by Gasteiger charge is -2.19. The molecule has 2 aromatic carbocycles. The summed E-state index contributed by atoms with van der Waals surface area (Å²) in [6.07, 6.45) is 0. The number of anilines is 2. The number of ketones is 1. The van der Waals surface area contributed by atoms with Crippen LogP contribution in [0.4, 0.5) is 11.4 Å². The molecule has 132 valence electrons. The number of carbonyl (C=O) groups excluding carboxylic acids is 2. The summed E-state index contributed by atoms with van der Waals surface area (Å²) in [5.74, 6) is -0.809. The van der Waals surface area contributed by atoms with E-state index in [0.29, 0.717) is 11.3 Å². The SMILES string of the molecule is CCn1c2ccc(N)cc2c2c3c(ccc21)C(=O)/C(=N\OC(C)=O)CN3. The van der Waals surface area contributed by atoms with Crippen molar-refractivity contribution in [1.29, 1.82) is 0 Å². The molecule has 3 N–H and O–H groups in total. The maximum absolute atomic E-state index is 12.8. The van der Waals surface area contributed by atoms with Crippen LogP contribution in [0, 0.1) is 0 Å². The van der Waals surface area contributed by atoms with Crippen molar-refractivity contribution in [3.63, 3.8) is 0 Å². The van der Waals surface area contributed by atoms with Crippen LogP contribution < -0.4 is 11.1 Å². The first-order valence-corrected chi connectivity index (χ1v) is 8.38. The van der Waals surface area contributed by atoms with Crippen molar-refractivity contribution in [1.82, 2.24) is 4.57 Å². The van der Waals surface area contributed by atoms with Gasteiger partial charge in [0.05, 0.1) is 17.7 Å². The zero-order chi connectivity index (χ0) is 18.4. The second-order valence-corrected chi connectivity index (χ2v) is 6.21. The number of nitrogens with zero attached hydrogens (tertiary/aromatic N) is 2. The molecular formula is C19H18N4O3. The van der Waals surface area contributed by atoms with E-state index in [1.54, 1.807) is 6.07 Å². The summed E-state index contributed by atoms with van der Waals surface area (Å²) >= 11 is 0. The summed E-state index contributed by atoms with van der Waals surface area (Å²) in [5.41, 5.74) is 10.2. The second-order valence-electron chi connectivity index (χ2n) is 6.21. The number of aromatic nitrogens is 1. The topological polar surface area (TPSA) is 98.7 Å². The maximum atomic E-state index is 12.8. The lowest BCUT2D eigenvalue weighted by molar-refractivity contribution is -0.140. The van der Waals surface area contributed by atoms with E-state index in [4.69, 9.17) is 5.73 Å². The van der Waals surface area contributed by atoms with Crippen molar-refractivity contribution >= 4 is 50.6 Å². The van der Waals surface area contributed by atoms with Crippen molar-refractivity contribution in [2.75, 3.05) is 17.6 Å². The Labute approximate surface area is 149 Å². The maximum Gasteiger partial charge on any atom is 0.331 e. The number of nitrogens with two attached hydrogens (primary N) is 1. The fraction of sp³-hybridized carbons (Fsp3) is 0.211. The molecule has 0 saturated carbocycles. The minimum atomic E-state index is -0.562. The third kappa shape index (κ3) is 2.32. The number of Topliss-reactive ketones (excluding diaryl/α,β-unsaturated/α-hetero) is 1. The van der Waals surface area contributed by atoms with Crippen molar-refractivity contribution in [2.45, 2.75) is 20.4 Å². The molecule has 0 saturated heterocycles. The molecule has 4 rings (SSSR count). The summed E-state index contributed by atoms with van der Waals surface area (Å²) < 4.78 is 2.19. The number of hydrogen-bond acceptors (Lipinski definition) is 6. The molecule has 26 heavy (non-hydrogen) atoms. The predicted octanol–water partition coefficient (Wildman–Crippen LogP) is 2.92. The Morgan fingerprint density at radius 1 is 1.31 bits per heavy atom. The number of nitrogens with one attached hydrogen (secondary N) is 1. The van der Waals surface area contributed by atoms with E-state index in [2.05, 4.69) is 26.8 Å². The second kappa shape index (κ2) is 5.87. The quantitative estimate of drug-likeness (QED) is 0.421. The predicted molar refractivity (Wildman–Crippen MR) is 102 cm³/mol. The first-order valence-electron chi connectivity index (χ1n) is 8.38. The normalized spacial score (nSPS) is 15.3. The van der Waals surface area contributed by atoms with Crippen LogP contribution in [-0.2, 0) is 16.2 Å². The Bertz CT molecular complexity index is 1110. The van der Waals surface area contributed by atoms with Gasteiger partial charge in [0.25, 0.3) is 0 Å². The van der Waals surface area contributed by atoms with Crippen LogP contribution in [0.25, 0.3) is 21.8 Å². The average Bonchev–Trinajstić information content (AvgIpc) is 2.94. The van der Waals surface area contributed by atoms with Crippen molar-refractivity contribution in [3.05, 3.63) is 35.9 Å². The molecule has 2 heterocycles. The Kier molecular flexibility index (Phi) is 3.64. The largest absolute Gasteiger partial charge is 0.399 e. The molecular weight excluding hydrogens is 332 g/mol. The van der Waals surface area contributed by atoms with Crippen LogP contribution in [-0.4, -0.2) is 28.6 Å². The van der Waals surface area contributed by atoms with Crippen LogP contribution in [0.3, 0.4) is 0 Å². The summed E-state index contributed by atoms with van der Waals surface area (Å²) in [7, 11) is 0. The molecule has 0 radical (unpaired) electrons. The van der Waals surface area contributed by atoms with Crippen molar-refractivity contribution in [2.24, 2.45) is 5.16 Å². The molecule has 7 heteroatoms. The fourth-order valence-electron chi connectivity index (χ4n) is 3.52. The lowest BCUT2D eigenvalue weighted by Crippen LogP contribution is -2.30. The summed E-state index contributed by atoms with van der Waals surface area (Å²) in [5, 5.41) is 8.90. The van der Waals surface area contributed by atoms with Crippen molar-refractivity contribution < 1.29 is 14.4 Å². The van der Waals surface area contributed by atoms with E-state index in [1.165, 1.54) is 6.92 Å². The standard InChI is InChI=1S/C19H18N4O3/c1-3-23-15-6-4-11(20)8-13(15)17-16(23)7-5-12-18(17)21-9-14(19(12)25)22-26-10(2)24/h4-8,21H,3,9,20H2,1-2H3/b22-14-. The molecule has 1 aliphatic heterocycles.